The van der Waals surface area contributed by atoms with Crippen LogP contribution >= 0.6 is 11.6 Å². The maximum absolute atomic E-state index is 13.3. The Morgan fingerprint density at radius 3 is 2.19 bits per heavy atom. The molecule has 0 atom stereocenters. The van der Waals surface area contributed by atoms with Gasteiger partial charge in [0.25, 0.3) is 0 Å². The van der Waals surface area contributed by atoms with Crippen molar-refractivity contribution >= 4 is 21.4 Å². The summed E-state index contributed by atoms with van der Waals surface area (Å²) >= 11 is 5.62. The van der Waals surface area contributed by atoms with Gasteiger partial charge in [0, 0.05) is 19.3 Å². The molecule has 0 spiro atoms. The molecular formula is C15H15ClFNO2S. The van der Waals surface area contributed by atoms with E-state index >= 15 is 0 Å². The lowest BCUT2D eigenvalue weighted by Crippen LogP contribution is -2.13. The van der Waals surface area contributed by atoms with Gasteiger partial charge in [0.1, 0.15) is 5.82 Å². The standard InChI is InChI=1S/C15H15ClFNO2S/c1-21(19,20)13-5-2-11(3-6-13)9-18-10-12-4-7-14(16)15(17)8-12/h2-8,18H,9-10H2,1H3. The molecule has 0 aromatic heterocycles. The Morgan fingerprint density at radius 1 is 1.05 bits per heavy atom. The second-order valence-corrected chi connectivity index (χ2v) is 7.19. The number of benzene rings is 2. The zero-order valence-corrected chi connectivity index (χ0v) is 13.0. The van der Waals surface area contributed by atoms with E-state index < -0.39 is 15.7 Å². The third-order valence-electron chi connectivity index (χ3n) is 2.99. The molecule has 6 heteroatoms. The van der Waals surface area contributed by atoms with Gasteiger partial charge in [-0.2, -0.15) is 0 Å². The Hall–Kier alpha value is -1.43. The van der Waals surface area contributed by atoms with Crippen LogP contribution in [0.4, 0.5) is 4.39 Å². The maximum atomic E-state index is 13.3. The summed E-state index contributed by atoms with van der Waals surface area (Å²) < 4.78 is 36.0. The minimum absolute atomic E-state index is 0.107. The fourth-order valence-corrected chi connectivity index (χ4v) is 2.60. The predicted octanol–water partition coefficient (Wildman–Crippen LogP) is 3.17. The van der Waals surface area contributed by atoms with Crippen molar-refractivity contribution in [2.75, 3.05) is 6.26 Å². The topological polar surface area (TPSA) is 46.2 Å². The number of halogens is 2. The molecule has 1 N–H and O–H groups in total. The molecule has 0 bridgehead atoms. The number of rotatable bonds is 5. The largest absolute Gasteiger partial charge is 0.309 e. The summed E-state index contributed by atoms with van der Waals surface area (Å²) in [5.74, 6) is -0.437. The minimum atomic E-state index is -3.17. The normalized spacial score (nSPS) is 11.6. The first-order valence-corrected chi connectivity index (χ1v) is 8.57. The highest BCUT2D eigenvalue weighted by molar-refractivity contribution is 7.90. The van der Waals surface area contributed by atoms with Crippen LogP contribution in [0.25, 0.3) is 0 Å². The van der Waals surface area contributed by atoms with E-state index in [1.54, 1.807) is 30.3 Å². The Labute approximate surface area is 128 Å². The molecular weight excluding hydrogens is 313 g/mol. The molecule has 0 aliphatic rings. The molecule has 0 radical (unpaired) electrons. The summed E-state index contributed by atoms with van der Waals surface area (Å²) in [5.41, 5.74) is 1.75. The van der Waals surface area contributed by atoms with Gasteiger partial charge in [-0.3, -0.25) is 0 Å². The molecule has 0 amide bonds. The third-order valence-corrected chi connectivity index (χ3v) is 4.43. The van der Waals surface area contributed by atoms with E-state index in [0.717, 1.165) is 11.1 Å². The second kappa shape index (κ2) is 6.56. The summed E-state index contributed by atoms with van der Waals surface area (Å²) in [6.07, 6.45) is 1.18. The molecule has 0 saturated heterocycles. The zero-order chi connectivity index (χ0) is 15.5. The van der Waals surface area contributed by atoms with Crippen LogP contribution in [-0.2, 0) is 22.9 Å². The average molecular weight is 328 g/mol. The monoisotopic (exact) mass is 327 g/mol. The number of sulfone groups is 1. The van der Waals surface area contributed by atoms with Gasteiger partial charge in [-0.25, -0.2) is 12.8 Å². The summed E-state index contributed by atoms with van der Waals surface area (Å²) in [6, 6.07) is 11.3. The molecule has 2 aromatic rings. The van der Waals surface area contributed by atoms with Crippen molar-refractivity contribution in [2.24, 2.45) is 0 Å². The maximum Gasteiger partial charge on any atom is 0.175 e. The SMILES string of the molecule is CS(=O)(=O)c1ccc(CNCc2ccc(Cl)c(F)c2)cc1. The summed E-state index contributed by atoms with van der Waals surface area (Å²) in [5, 5.41) is 3.27. The van der Waals surface area contributed by atoms with Crippen molar-refractivity contribution in [3.63, 3.8) is 0 Å². The fraction of sp³-hybridized carbons (Fsp3) is 0.200. The Kier molecular flexibility index (Phi) is 4.98. The van der Waals surface area contributed by atoms with Crippen LogP contribution in [0.1, 0.15) is 11.1 Å². The van der Waals surface area contributed by atoms with E-state index in [-0.39, 0.29) is 5.02 Å². The second-order valence-electron chi connectivity index (χ2n) is 4.77. The van der Waals surface area contributed by atoms with Crippen LogP contribution < -0.4 is 5.32 Å². The van der Waals surface area contributed by atoms with E-state index in [1.165, 1.54) is 18.4 Å². The van der Waals surface area contributed by atoms with Crippen LogP contribution in [0.2, 0.25) is 5.02 Å². The van der Waals surface area contributed by atoms with E-state index in [0.29, 0.717) is 18.0 Å². The molecule has 0 unspecified atom stereocenters. The van der Waals surface area contributed by atoms with Crippen molar-refractivity contribution < 1.29 is 12.8 Å². The molecule has 3 nitrogen and oxygen atoms in total. The average Bonchev–Trinajstić information content (AvgIpc) is 2.42. The van der Waals surface area contributed by atoms with Gasteiger partial charge in [0.2, 0.25) is 0 Å². The van der Waals surface area contributed by atoms with Crippen LogP contribution in [0.15, 0.2) is 47.4 Å². The van der Waals surface area contributed by atoms with Crippen molar-refractivity contribution in [3.8, 4) is 0 Å². The Balaban J connectivity index is 1.93. The lowest BCUT2D eigenvalue weighted by molar-refractivity contribution is 0.602. The molecule has 2 rings (SSSR count). The molecule has 112 valence electrons. The molecule has 0 heterocycles. The molecule has 0 saturated carbocycles. The summed E-state index contributed by atoms with van der Waals surface area (Å²) in [6.45, 7) is 1.07. The highest BCUT2D eigenvalue weighted by Crippen LogP contribution is 2.15. The van der Waals surface area contributed by atoms with Crippen molar-refractivity contribution in [3.05, 3.63) is 64.4 Å². The molecule has 2 aromatic carbocycles. The lowest BCUT2D eigenvalue weighted by atomic mass is 10.2. The van der Waals surface area contributed by atoms with Crippen LogP contribution in [0.5, 0.6) is 0 Å². The predicted molar refractivity (Wildman–Crippen MR) is 81.5 cm³/mol. The van der Waals surface area contributed by atoms with Gasteiger partial charge in [-0.1, -0.05) is 29.8 Å². The van der Waals surface area contributed by atoms with Gasteiger partial charge in [0.05, 0.1) is 9.92 Å². The van der Waals surface area contributed by atoms with Gasteiger partial charge >= 0.3 is 0 Å². The van der Waals surface area contributed by atoms with E-state index in [1.807, 2.05) is 0 Å². The molecule has 0 aliphatic heterocycles. The summed E-state index contributed by atoms with van der Waals surface area (Å²) in [4.78, 5) is 0.297. The van der Waals surface area contributed by atoms with Gasteiger partial charge in [-0.15, -0.1) is 0 Å². The Bertz CT molecular complexity index is 730. The number of hydrogen-bond donors (Lipinski definition) is 1. The zero-order valence-electron chi connectivity index (χ0n) is 11.4. The molecule has 21 heavy (non-hydrogen) atoms. The third kappa shape index (κ3) is 4.52. The number of nitrogens with one attached hydrogen (secondary N) is 1. The fourth-order valence-electron chi connectivity index (χ4n) is 1.86. The van der Waals surface area contributed by atoms with E-state index in [4.69, 9.17) is 11.6 Å². The quantitative estimate of drug-likeness (QED) is 0.917. The lowest BCUT2D eigenvalue weighted by Gasteiger charge is -2.06. The first kappa shape index (κ1) is 15.9. The van der Waals surface area contributed by atoms with Crippen LogP contribution in [0.3, 0.4) is 0 Å². The highest BCUT2D eigenvalue weighted by Gasteiger charge is 2.06. The summed E-state index contributed by atoms with van der Waals surface area (Å²) in [7, 11) is -3.17. The first-order valence-electron chi connectivity index (χ1n) is 6.30. The van der Waals surface area contributed by atoms with Gasteiger partial charge in [-0.05, 0) is 35.4 Å². The van der Waals surface area contributed by atoms with Crippen LogP contribution in [0, 0.1) is 5.82 Å². The first-order chi connectivity index (χ1) is 9.86. The van der Waals surface area contributed by atoms with Crippen molar-refractivity contribution in [1.29, 1.82) is 0 Å². The number of hydrogen-bond acceptors (Lipinski definition) is 3. The van der Waals surface area contributed by atoms with E-state index in [2.05, 4.69) is 5.32 Å². The van der Waals surface area contributed by atoms with Gasteiger partial charge in [0.15, 0.2) is 9.84 Å². The smallest absolute Gasteiger partial charge is 0.175 e. The van der Waals surface area contributed by atoms with E-state index in [9.17, 15) is 12.8 Å². The van der Waals surface area contributed by atoms with Crippen molar-refractivity contribution in [2.45, 2.75) is 18.0 Å². The van der Waals surface area contributed by atoms with Gasteiger partial charge < -0.3 is 5.32 Å². The highest BCUT2D eigenvalue weighted by atomic mass is 35.5. The Morgan fingerprint density at radius 2 is 1.62 bits per heavy atom. The molecule has 0 aliphatic carbocycles. The molecule has 0 fully saturated rings. The van der Waals surface area contributed by atoms with Crippen LogP contribution in [-0.4, -0.2) is 14.7 Å². The minimum Gasteiger partial charge on any atom is -0.309 e. The van der Waals surface area contributed by atoms with Crippen molar-refractivity contribution in [1.82, 2.24) is 5.32 Å².